The SMILES string of the molecule is CC(C(O)CCc1ccc(Cl)cc1)n1cncn1. The second kappa shape index (κ2) is 5.98. The van der Waals surface area contributed by atoms with Crippen LogP contribution >= 0.6 is 11.6 Å². The summed E-state index contributed by atoms with van der Waals surface area (Å²) in [6.07, 6.45) is 4.15. The summed E-state index contributed by atoms with van der Waals surface area (Å²) in [7, 11) is 0. The standard InChI is InChI=1S/C13H16ClN3O/c1-10(17-9-15-8-16-17)13(18)7-4-11-2-5-12(14)6-3-11/h2-3,5-6,8-10,13,18H,4,7H2,1H3. The molecule has 96 valence electrons. The minimum Gasteiger partial charge on any atom is -0.391 e. The van der Waals surface area contributed by atoms with Gasteiger partial charge in [-0.3, -0.25) is 0 Å². The molecule has 4 nitrogen and oxygen atoms in total. The van der Waals surface area contributed by atoms with Crippen LogP contribution in [0.15, 0.2) is 36.9 Å². The van der Waals surface area contributed by atoms with Crippen LogP contribution in [0.1, 0.15) is 24.9 Å². The first-order chi connectivity index (χ1) is 8.66. The molecule has 2 unspecified atom stereocenters. The minimum absolute atomic E-state index is 0.0696. The molecule has 0 aliphatic heterocycles. The molecule has 0 saturated heterocycles. The molecule has 5 heteroatoms. The van der Waals surface area contributed by atoms with E-state index < -0.39 is 6.10 Å². The number of halogens is 1. The van der Waals surface area contributed by atoms with Crippen LogP contribution in [0.3, 0.4) is 0 Å². The number of nitrogens with zero attached hydrogens (tertiary/aromatic N) is 3. The van der Waals surface area contributed by atoms with Crippen molar-refractivity contribution >= 4 is 11.6 Å². The van der Waals surface area contributed by atoms with Crippen molar-refractivity contribution in [3.05, 3.63) is 47.5 Å². The normalized spacial score (nSPS) is 14.4. The van der Waals surface area contributed by atoms with Gasteiger partial charge in [0.25, 0.3) is 0 Å². The highest BCUT2D eigenvalue weighted by molar-refractivity contribution is 6.30. The molecule has 1 N–H and O–H groups in total. The summed E-state index contributed by atoms with van der Waals surface area (Å²) in [5, 5.41) is 14.9. The van der Waals surface area contributed by atoms with Crippen LogP contribution in [0.25, 0.3) is 0 Å². The van der Waals surface area contributed by atoms with Crippen molar-refractivity contribution in [2.24, 2.45) is 0 Å². The number of aromatic nitrogens is 3. The van der Waals surface area contributed by atoms with E-state index in [9.17, 15) is 5.11 Å². The molecule has 1 heterocycles. The van der Waals surface area contributed by atoms with Crippen molar-refractivity contribution in [1.29, 1.82) is 0 Å². The van der Waals surface area contributed by atoms with Gasteiger partial charge in [0.15, 0.2) is 0 Å². The van der Waals surface area contributed by atoms with E-state index in [2.05, 4.69) is 10.1 Å². The number of aliphatic hydroxyl groups excluding tert-OH is 1. The van der Waals surface area contributed by atoms with Gasteiger partial charge in [0.2, 0.25) is 0 Å². The fourth-order valence-electron chi connectivity index (χ4n) is 1.81. The van der Waals surface area contributed by atoms with E-state index in [1.54, 1.807) is 11.0 Å². The molecular weight excluding hydrogens is 250 g/mol. The molecule has 0 aliphatic rings. The fraction of sp³-hybridized carbons (Fsp3) is 0.385. The summed E-state index contributed by atoms with van der Waals surface area (Å²) in [5.41, 5.74) is 1.17. The summed E-state index contributed by atoms with van der Waals surface area (Å²) in [6.45, 7) is 1.93. The molecule has 0 aliphatic carbocycles. The highest BCUT2D eigenvalue weighted by atomic mass is 35.5. The zero-order valence-corrected chi connectivity index (χ0v) is 11.0. The molecule has 18 heavy (non-hydrogen) atoms. The highest BCUT2D eigenvalue weighted by Gasteiger charge is 2.16. The van der Waals surface area contributed by atoms with Gasteiger partial charge in [-0.2, -0.15) is 5.10 Å². The summed E-state index contributed by atoms with van der Waals surface area (Å²) in [6, 6.07) is 7.62. The zero-order valence-electron chi connectivity index (χ0n) is 10.2. The van der Waals surface area contributed by atoms with E-state index in [1.807, 2.05) is 31.2 Å². The molecule has 0 amide bonds. The van der Waals surface area contributed by atoms with Gasteiger partial charge in [0.1, 0.15) is 12.7 Å². The molecule has 2 aromatic rings. The largest absolute Gasteiger partial charge is 0.391 e. The lowest BCUT2D eigenvalue weighted by atomic mass is 10.0. The quantitative estimate of drug-likeness (QED) is 0.904. The third-order valence-electron chi connectivity index (χ3n) is 3.05. The van der Waals surface area contributed by atoms with Crippen LogP contribution in [-0.4, -0.2) is 26.0 Å². The summed E-state index contributed by atoms with van der Waals surface area (Å²) in [5.74, 6) is 0. The second-order valence-electron chi connectivity index (χ2n) is 4.35. The molecule has 0 spiro atoms. The van der Waals surface area contributed by atoms with Crippen LogP contribution in [-0.2, 0) is 6.42 Å². The van der Waals surface area contributed by atoms with Gasteiger partial charge in [-0.15, -0.1) is 0 Å². The average molecular weight is 266 g/mol. The molecule has 1 aromatic heterocycles. The lowest BCUT2D eigenvalue weighted by molar-refractivity contribution is 0.106. The Kier molecular flexibility index (Phi) is 4.33. The Balaban J connectivity index is 1.88. The molecule has 0 saturated carbocycles. The van der Waals surface area contributed by atoms with Crippen molar-refractivity contribution < 1.29 is 5.11 Å². The van der Waals surface area contributed by atoms with Gasteiger partial charge in [0, 0.05) is 5.02 Å². The van der Waals surface area contributed by atoms with Crippen molar-refractivity contribution in [2.45, 2.75) is 31.9 Å². The van der Waals surface area contributed by atoms with Gasteiger partial charge in [-0.25, -0.2) is 9.67 Å². The Morgan fingerprint density at radius 3 is 2.67 bits per heavy atom. The van der Waals surface area contributed by atoms with Gasteiger partial charge < -0.3 is 5.11 Å². The number of hydrogen-bond acceptors (Lipinski definition) is 3. The van der Waals surface area contributed by atoms with Crippen molar-refractivity contribution in [2.75, 3.05) is 0 Å². The number of benzene rings is 1. The number of aryl methyl sites for hydroxylation is 1. The van der Waals surface area contributed by atoms with E-state index in [-0.39, 0.29) is 6.04 Å². The predicted octanol–water partition coefficient (Wildman–Crippen LogP) is 2.49. The molecule has 2 atom stereocenters. The van der Waals surface area contributed by atoms with Gasteiger partial charge in [0.05, 0.1) is 12.1 Å². The minimum atomic E-state index is -0.442. The molecule has 0 radical (unpaired) electrons. The third-order valence-corrected chi connectivity index (χ3v) is 3.30. The Hall–Kier alpha value is -1.39. The van der Waals surface area contributed by atoms with E-state index in [0.29, 0.717) is 6.42 Å². The van der Waals surface area contributed by atoms with Gasteiger partial charge >= 0.3 is 0 Å². The van der Waals surface area contributed by atoms with Crippen LogP contribution in [0.4, 0.5) is 0 Å². The zero-order chi connectivity index (χ0) is 13.0. The smallest absolute Gasteiger partial charge is 0.137 e. The molecule has 0 fully saturated rings. The Morgan fingerprint density at radius 1 is 1.33 bits per heavy atom. The maximum absolute atomic E-state index is 10.1. The first kappa shape index (κ1) is 13.1. The Bertz CT molecular complexity index is 469. The first-order valence-corrected chi connectivity index (χ1v) is 6.31. The lowest BCUT2D eigenvalue weighted by Gasteiger charge is -2.18. The van der Waals surface area contributed by atoms with Crippen LogP contribution in [0.5, 0.6) is 0 Å². The predicted molar refractivity (Wildman–Crippen MR) is 70.5 cm³/mol. The summed E-state index contributed by atoms with van der Waals surface area (Å²) < 4.78 is 1.67. The number of rotatable bonds is 5. The van der Waals surface area contributed by atoms with E-state index in [1.165, 1.54) is 11.9 Å². The Morgan fingerprint density at radius 2 is 2.06 bits per heavy atom. The van der Waals surface area contributed by atoms with Gasteiger partial charge in [-0.05, 0) is 37.5 Å². The summed E-state index contributed by atoms with van der Waals surface area (Å²) >= 11 is 5.82. The van der Waals surface area contributed by atoms with Crippen molar-refractivity contribution in [1.82, 2.24) is 14.8 Å². The van der Waals surface area contributed by atoms with Gasteiger partial charge in [-0.1, -0.05) is 23.7 Å². The second-order valence-corrected chi connectivity index (χ2v) is 4.79. The first-order valence-electron chi connectivity index (χ1n) is 5.93. The lowest BCUT2D eigenvalue weighted by Crippen LogP contribution is -2.22. The fourth-order valence-corrected chi connectivity index (χ4v) is 1.94. The number of hydrogen-bond donors (Lipinski definition) is 1. The van der Waals surface area contributed by atoms with Crippen molar-refractivity contribution in [3.63, 3.8) is 0 Å². The summed E-state index contributed by atoms with van der Waals surface area (Å²) in [4.78, 5) is 3.88. The average Bonchev–Trinajstić information content (AvgIpc) is 2.90. The van der Waals surface area contributed by atoms with E-state index >= 15 is 0 Å². The van der Waals surface area contributed by atoms with Crippen molar-refractivity contribution in [3.8, 4) is 0 Å². The van der Waals surface area contributed by atoms with Crippen LogP contribution in [0, 0.1) is 0 Å². The molecular formula is C13H16ClN3O. The maximum Gasteiger partial charge on any atom is 0.137 e. The van der Waals surface area contributed by atoms with E-state index in [0.717, 1.165) is 11.4 Å². The maximum atomic E-state index is 10.1. The molecule has 1 aromatic carbocycles. The monoisotopic (exact) mass is 265 g/mol. The Labute approximate surface area is 111 Å². The molecule has 2 rings (SSSR count). The van der Waals surface area contributed by atoms with Crippen LogP contribution in [0.2, 0.25) is 5.02 Å². The topological polar surface area (TPSA) is 50.9 Å². The van der Waals surface area contributed by atoms with Crippen LogP contribution < -0.4 is 0 Å². The highest BCUT2D eigenvalue weighted by Crippen LogP contribution is 2.16. The third kappa shape index (κ3) is 3.31. The molecule has 0 bridgehead atoms. The number of aliphatic hydroxyl groups is 1. The van der Waals surface area contributed by atoms with E-state index in [4.69, 9.17) is 11.6 Å².